The monoisotopic (exact) mass is 382 g/mol. The summed E-state index contributed by atoms with van der Waals surface area (Å²) in [4.78, 5) is 24.9. The molecule has 0 saturated carbocycles. The SMILES string of the molecule is Cc1c(-c2ccc(F)cc2)nn2c1NC(=O)C[C@H]2C(=O)Nc1ccccc1F. The number of rotatable bonds is 3. The average molecular weight is 382 g/mol. The Kier molecular flexibility index (Phi) is 4.38. The molecule has 4 rings (SSSR count). The molecule has 1 aliphatic rings. The summed E-state index contributed by atoms with van der Waals surface area (Å²) in [5.74, 6) is -1.44. The van der Waals surface area contributed by atoms with Gasteiger partial charge in [0.2, 0.25) is 11.8 Å². The molecule has 0 spiro atoms. The van der Waals surface area contributed by atoms with Crippen LogP contribution in [0.3, 0.4) is 0 Å². The van der Waals surface area contributed by atoms with E-state index in [0.29, 0.717) is 22.6 Å². The first-order chi connectivity index (χ1) is 13.4. The number of anilines is 2. The van der Waals surface area contributed by atoms with E-state index in [9.17, 15) is 18.4 Å². The highest BCUT2D eigenvalue weighted by Crippen LogP contribution is 2.34. The molecule has 1 aliphatic heterocycles. The lowest BCUT2D eigenvalue weighted by Gasteiger charge is -2.24. The molecule has 0 radical (unpaired) electrons. The Morgan fingerprint density at radius 3 is 2.61 bits per heavy atom. The van der Waals surface area contributed by atoms with Gasteiger partial charge in [-0.05, 0) is 43.3 Å². The minimum absolute atomic E-state index is 0.0302. The molecule has 0 fully saturated rings. The van der Waals surface area contributed by atoms with Crippen LogP contribution in [0.5, 0.6) is 0 Å². The van der Waals surface area contributed by atoms with Crippen molar-refractivity contribution in [3.05, 3.63) is 65.7 Å². The summed E-state index contributed by atoms with van der Waals surface area (Å²) >= 11 is 0. The number of benzene rings is 2. The lowest BCUT2D eigenvalue weighted by atomic mass is 10.1. The molecule has 0 aliphatic carbocycles. The number of fused-ring (bicyclic) bond motifs is 1. The van der Waals surface area contributed by atoms with Crippen LogP contribution in [0.15, 0.2) is 48.5 Å². The van der Waals surface area contributed by atoms with Crippen molar-refractivity contribution in [3.63, 3.8) is 0 Å². The van der Waals surface area contributed by atoms with Gasteiger partial charge >= 0.3 is 0 Å². The Morgan fingerprint density at radius 2 is 1.89 bits per heavy atom. The van der Waals surface area contributed by atoms with Crippen molar-refractivity contribution < 1.29 is 18.4 Å². The summed E-state index contributed by atoms with van der Waals surface area (Å²) in [6, 6.07) is 10.6. The smallest absolute Gasteiger partial charge is 0.249 e. The van der Waals surface area contributed by atoms with Gasteiger partial charge in [0.1, 0.15) is 23.5 Å². The molecule has 2 aromatic carbocycles. The number of aromatic nitrogens is 2. The van der Waals surface area contributed by atoms with Crippen LogP contribution in [0.4, 0.5) is 20.3 Å². The quantitative estimate of drug-likeness (QED) is 0.726. The largest absolute Gasteiger partial charge is 0.322 e. The first-order valence-corrected chi connectivity index (χ1v) is 8.64. The van der Waals surface area contributed by atoms with Crippen LogP contribution in [0.25, 0.3) is 11.3 Å². The van der Waals surface area contributed by atoms with E-state index < -0.39 is 17.8 Å². The summed E-state index contributed by atoms with van der Waals surface area (Å²) in [6.07, 6.45) is -0.128. The summed E-state index contributed by atoms with van der Waals surface area (Å²) in [5.41, 5.74) is 1.87. The van der Waals surface area contributed by atoms with E-state index in [2.05, 4.69) is 15.7 Å². The molecule has 8 heteroatoms. The first kappa shape index (κ1) is 17.8. The van der Waals surface area contributed by atoms with Crippen molar-refractivity contribution >= 4 is 23.3 Å². The predicted molar refractivity (Wildman–Crippen MR) is 99.7 cm³/mol. The number of nitrogens with zero attached hydrogens (tertiary/aromatic N) is 2. The van der Waals surface area contributed by atoms with Crippen molar-refractivity contribution in [2.24, 2.45) is 0 Å². The van der Waals surface area contributed by atoms with Gasteiger partial charge in [-0.1, -0.05) is 12.1 Å². The highest BCUT2D eigenvalue weighted by Gasteiger charge is 2.34. The highest BCUT2D eigenvalue weighted by molar-refractivity contribution is 6.02. The Balaban J connectivity index is 1.71. The van der Waals surface area contributed by atoms with Gasteiger partial charge in [-0.15, -0.1) is 0 Å². The molecule has 0 bridgehead atoms. The molecule has 0 unspecified atom stereocenters. The normalized spacial score (nSPS) is 15.7. The van der Waals surface area contributed by atoms with E-state index in [1.165, 1.54) is 35.0 Å². The predicted octanol–water partition coefficient (Wildman–Crippen LogP) is 3.66. The van der Waals surface area contributed by atoms with Gasteiger partial charge in [-0.25, -0.2) is 13.5 Å². The maximum absolute atomic E-state index is 13.9. The van der Waals surface area contributed by atoms with Crippen LogP contribution in [0, 0.1) is 18.6 Å². The molecule has 3 aromatic rings. The Bertz CT molecular complexity index is 1080. The summed E-state index contributed by atoms with van der Waals surface area (Å²) in [5, 5.41) is 9.71. The van der Waals surface area contributed by atoms with Gasteiger partial charge in [-0.3, -0.25) is 9.59 Å². The fraction of sp³-hybridized carbons (Fsp3) is 0.150. The van der Waals surface area contributed by atoms with E-state index >= 15 is 0 Å². The maximum atomic E-state index is 13.9. The topological polar surface area (TPSA) is 76.0 Å². The van der Waals surface area contributed by atoms with Gasteiger partial charge < -0.3 is 10.6 Å². The third-order valence-corrected chi connectivity index (χ3v) is 4.63. The van der Waals surface area contributed by atoms with Gasteiger partial charge in [0, 0.05) is 11.1 Å². The second-order valence-corrected chi connectivity index (χ2v) is 6.51. The number of nitrogens with one attached hydrogen (secondary N) is 2. The van der Waals surface area contributed by atoms with Crippen LogP contribution in [0.1, 0.15) is 18.0 Å². The fourth-order valence-corrected chi connectivity index (χ4v) is 3.20. The lowest BCUT2D eigenvalue weighted by molar-refractivity contribution is -0.125. The van der Waals surface area contributed by atoms with Gasteiger partial charge in [-0.2, -0.15) is 5.10 Å². The molecule has 142 valence electrons. The molecule has 1 aromatic heterocycles. The molecular weight excluding hydrogens is 366 g/mol. The minimum Gasteiger partial charge on any atom is -0.322 e. The van der Waals surface area contributed by atoms with Crippen LogP contribution in [0.2, 0.25) is 0 Å². The zero-order chi connectivity index (χ0) is 19.8. The number of amides is 2. The number of para-hydroxylation sites is 1. The zero-order valence-electron chi connectivity index (χ0n) is 14.9. The van der Waals surface area contributed by atoms with Crippen LogP contribution >= 0.6 is 0 Å². The molecule has 2 N–H and O–H groups in total. The second-order valence-electron chi connectivity index (χ2n) is 6.51. The lowest BCUT2D eigenvalue weighted by Crippen LogP contribution is -2.36. The van der Waals surface area contributed by atoms with Crippen LogP contribution in [-0.2, 0) is 9.59 Å². The third kappa shape index (κ3) is 3.13. The minimum atomic E-state index is -0.934. The highest BCUT2D eigenvalue weighted by atomic mass is 19.1. The summed E-state index contributed by atoms with van der Waals surface area (Å²) in [7, 11) is 0. The zero-order valence-corrected chi connectivity index (χ0v) is 14.9. The number of halogens is 2. The van der Waals surface area contributed by atoms with Crippen molar-refractivity contribution in [1.82, 2.24) is 9.78 Å². The van der Waals surface area contributed by atoms with Gasteiger partial charge in [0.15, 0.2) is 0 Å². The standard InChI is InChI=1S/C20H16F2N4O2/c1-11-18(12-6-8-13(21)9-7-12)25-26-16(10-17(27)24-19(11)26)20(28)23-15-5-3-2-4-14(15)22/h2-9,16H,10H2,1H3,(H,23,28)(H,24,27)/t16-/m0/s1. The summed E-state index contributed by atoms with van der Waals surface area (Å²) in [6.45, 7) is 1.76. The first-order valence-electron chi connectivity index (χ1n) is 8.64. The van der Waals surface area contributed by atoms with E-state index in [1.807, 2.05) is 0 Å². The van der Waals surface area contributed by atoms with Crippen LogP contribution in [-0.4, -0.2) is 21.6 Å². The molecule has 2 heterocycles. The number of carbonyl (C=O) groups is 2. The van der Waals surface area contributed by atoms with E-state index in [1.54, 1.807) is 25.1 Å². The molecule has 6 nitrogen and oxygen atoms in total. The second kappa shape index (κ2) is 6.88. The van der Waals surface area contributed by atoms with Crippen molar-refractivity contribution in [3.8, 4) is 11.3 Å². The Hall–Kier alpha value is -3.55. The van der Waals surface area contributed by atoms with Crippen molar-refractivity contribution in [2.75, 3.05) is 10.6 Å². The molecule has 2 amide bonds. The van der Waals surface area contributed by atoms with E-state index in [-0.39, 0.29) is 23.8 Å². The Labute approximate surface area is 159 Å². The van der Waals surface area contributed by atoms with Gasteiger partial charge in [0.25, 0.3) is 0 Å². The van der Waals surface area contributed by atoms with Gasteiger partial charge in [0.05, 0.1) is 17.8 Å². The summed E-state index contributed by atoms with van der Waals surface area (Å²) < 4.78 is 28.5. The van der Waals surface area contributed by atoms with Crippen LogP contribution < -0.4 is 10.6 Å². The molecule has 1 atom stereocenters. The number of carbonyl (C=O) groups excluding carboxylic acids is 2. The van der Waals surface area contributed by atoms with Crippen molar-refractivity contribution in [1.29, 1.82) is 0 Å². The van der Waals surface area contributed by atoms with Crippen molar-refractivity contribution in [2.45, 2.75) is 19.4 Å². The fourth-order valence-electron chi connectivity index (χ4n) is 3.20. The molecular formula is C20H16F2N4O2. The Morgan fingerprint density at radius 1 is 1.18 bits per heavy atom. The average Bonchev–Trinajstić information content (AvgIpc) is 3.00. The third-order valence-electron chi connectivity index (χ3n) is 4.63. The number of hydrogen-bond donors (Lipinski definition) is 2. The molecule has 28 heavy (non-hydrogen) atoms. The molecule has 0 saturated heterocycles. The maximum Gasteiger partial charge on any atom is 0.249 e. The van der Waals surface area contributed by atoms with E-state index in [0.717, 1.165) is 0 Å². The van der Waals surface area contributed by atoms with E-state index in [4.69, 9.17) is 0 Å². The number of hydrogen-bond acceptors (Lipinski definition) is 3.